The van der Waals surface area contributed by atoms with Gasteiger partial charge in [0.05, 0.1) is 22.8 Å². The van der Waals surface area contributed by atoms with Gasteiger partial charge in [-0.3, -0.25) is 9.69 Å². The van der Waals surface area contributed by atoms with Crippen molar-refractivity contribution in [3.8, 4) is 0 Å². The lowest BCUT2D eigenvalue weighted by Gasteiger charge is -2.22. The number of hydrogen-bond acceptors (Lipinski definition) is 4. The summed E-state index contributed by atoms with van der Waals surface area (Å²) in [6.07, 6.45) is 0. The van der Waals surface area contributed by atoms with E-state index >= 15 is 0 Å². The van der Waals surface area contributed by atoms with E-state index in [4.69, 9.17) is 0 Å². The van der Waals surface area contributed by atoms with Crippen molar-refractivity contribution < 1.29 is 4.79 Å². The van der Waals surface area contributed by atoms with Gasteiger partial charge in [0, 0.05) is 9.26 Å². The number of para-hydroxylation sites is 1. The summed E-state index contributed by atoms with van der Waals surface area (Å²) in [6.45, 7) is 2.40. The van der Waals surface area contributed by atoms with Crippen LogP contribution < -0.4 is 5.32 Å². The van der Waals surface area contributed by atoms with E-state index in [0.29, 0.717) is 6.54 Å². The number of fused-ring (bicyclic) bond motifs is 1. The van der Waals surface area contributed by atoms with E-state index in [2.05, 4.69) is 45.9 Å². The van der Waals surface area contributed by atoms with Gasteiger partial charge in [-0.2, -0.15) is 0 Å². The lowest BCUT2D eigenvalue weighted by molar-refractivity contribution is -0.117. The zero-order valence-electron chi connectivity index (χ0n) is 13.5. The molecular formula is C18H18IN3OS. The van der Waals surface area contributed by atoms with Crippen molar-refractivity contribution in [2.75, 3.05) is 18.9 Å². The Kier molecular flexibility index (Phi) is 5.47. The first-order chi connectivity index (χ1) is 11.5. The number of likely N-dealkylation sites (N-methyl/N-ethyl adjacent to an activating group) is 1. The minimum absolute atomic E-state index is 0.0209. The van der Waals surface area contributed by atoms with Crippen molar-refractivity contribution in [3.63, 3.8) is 0 Å². The molecule has 3 rings (SSSR count). The zero-order valence-corrected chi connectivity index (χ0v) is 16.5. The minimum Gasteiger partial charge on any atom is -0.325 e. The third-order valence-electron chi connectivity index (χ3n) is 3.83. The molecule has 0 aliphatic rings. The Morgan fingerprint density at radius 2 is 2.08 bits per heavy atom. The number of nitrogens with zero attached hydrogens (tertiary/aromatic N) is 2. The maximum Gasteiger partial charge on any atom is 0.238 e. The van der Waals surface area contributed by atoms with Gasteiger partial charge in [0.2, 0.25) is 5.91 Å². The fourth-order valence-electron chi connectivity index (χ4n) is 2.39. The van der Waals surface area contributed by atoms with Gasteiger partial charge >= 0.3 is 0 Å². The highest BCUT2D eigenvalue weighted by Gasteiger charge is 2.18. The Labute approximate surface area is 159 Å². The standard InChI is InChI=1S/C18H18IN3OS/c1-12(18-21-15-8-3-4-9-16(15)24-18)22(2)11-17(23)20-14-7-5-6-13(19)10-14/h3-10,12H,11H2,1-2H3,(H,20,23)/t12-/m0/s1. The summed E-state index contributed by atoms with van der Waals surface area (Å²) in [5.74, 6) is -0.0209. The van der Waals surface area contributed by atoms with Crippen molar-refractivity contribution in [2.24, 2.45) is 0 Å². The Morgan fingerprint density at radius 1 is 1.29 bits per heavy atom. The molecule has 0 aliphatic heterocycles. The van der Waals surface area contributed by atoms with Crippen LogP contribution in [0.2, 0.25) is 0 Å². The molecule has 1 aromatic heterocycles. The SMILES string of the molecule is C[C@@H](c1nc2ccccc2s1)N(C)CC(=O)Nc1cccc(I)c1. The minimum atomic E-state index is -0.0209. The quantitative estimate of drug-likeness (QED) is 0.580. The molecule has 0 unspecified atom stereocenters. The van der Waals surface area contributed by atoms with Crippen molar-refractivity contribution in [3.05, 3.63) is 57.1 Å². The second-order valence-electron chi connectivity index (χ2n) is 5.67. The van der Waals surface area contributed by atoms with Crippen molar-refractivity contribution in [1.82, 2.24) is 9.88 Å². The van der Waals surface area contributed by atoms with E-state index in [1.54, 1.807) is 11.3 Å². The summed E-state index contributed by atoms with van der Waals surface area (Å²) in [6, 6.07) is 16.0. The van der Waals surface area contributed by atoms with E-state index in [1.165, 1.54) is 4.70 Å². The molecular weight excluding hydrogens is 433 g/mol. The molecule has 2 aromatic carbocycles. The molecule has 24 heavy (non-hydrogen) atoms. The summed E-state index contributed by atoms with van der Waals surface area (Å²) in [7, 11) is 1.95. The molecule has 6 heteroatoms. The maximum atomic E-state index is 12.3. The molecule has 1 heterocycles. The maximum absolute atomic E-state index is 12.3. The molecule has 0 saturated heterocycles. The van der Waals surface area contributed by atoms with Crippen LogP contribution in [-0.4, -0.2) is 29.4 Å². The number of halogens is 1. The van der Waals surface area contributed by atoms with Crippen LogP contribution in [0.15, 0.2) is 48.5 Å². The second kappa shape index (κ2) is 7.58. The fraction of sp³-hybridized carbons (Fsp3) is 0.222. The molecule has 0 saturated carbocycles. The molecule has 4 nitrogen and oxygen atoms in total. The summed E-state index contributed by atoms with van der Waals surface area (Å²) in [5.41, 5.74) is 1.84. The Morgan fingerprint density at radius 3 is 2.83 bits per heavy atom. The first-order valence-electron chi connectivity index (χ1n) is 7.64. The number of carbonyl (C=O) groups excluding carboxylic acids is 1. The van der Waals surface area contributed by atoms with Crippen molar-refractivity contribution in [1.29, 1.82) is 0 Å². The van der Waals surface area contributed by atoms with E-state index in [0.717, 1.165) is 19.8 Å². The second-order valence-corrected chi connectivity index (χ2v) is 7.98. The number of aromatic nitrogens is 1. The molecule has 124 valence electrons. The average molecular weight is 451 g/mol. The molecule has 0 fully saturated rings. The van der Waals surface area contributed by atoms with Gasteiger partial charge in [-0.05, 0) is 66.9 Å². The van der Waals surface area contributed by atoms with Crippen LogP contribution in [0.25, 0.3) is 10.2 Å². The summed E-state index contributed by atoms with van der Waals surface area (Å²) < 4.78 is 2.28. The van der Waals surface area contributed by atoms with Gasteiger partial charge in [-0.25, -0.2) is 4.98 Å². The van der Waals surface area contributed by atoms with Crippen LogP contribution in [0.1, 0.15) is 18.0 Å². The highest BCUT2D eigenvalue weighted by Crippen LogP contribution is 2.28. The Hall–Kier alpha value is -1.51. The lowest BCUT2D eigenvalue weighted by Crippen LogP contribution is -2.32. The molecule has 1 amide bonds. The summed E-state index contributed by atoms with van der Waals surface area (Å²) in [4.78, 5) is 19.0. The predicted molar refractivity (Wildman–Crippen MR) is 108 cm³/mol. The number of amides is 1. The van der Waals surface area contributed by atoms with Gasteiger partial charge in [-0.1, -0.05) is 18.2 Å². The van der Waals surface area contributed by atoms with E-state index in [1.807, 2.05) is 54.4 Å². The van der Waals surface area contributed by atoms with Crippen LogP contribution in [-0.2, 0) is 4.79 Å². The number of benzene rings is 2. The van der Waals surface area contributed by atoms with Crippen LogP contribution in [0.4, 0.5) is 5.69 Å². The molecule has 0 bridgehead atoms. The highest BCUT2D eigenvalue weighted by atomic mass is 127. The predicted octanol–water partition coefficient (Wildman–Crippen LogP) is 4.53. The van der Waals surface area contributed by atoms with E-state index in [9.17, 15) is 4.79 Å². The van der Waals surface area contributed by atoms with E-state index < -0.39 is 0 Å². The number of hydrogen-bond donors (Lipinski definition) is 1. The highest BCUT2D eigenvalue weighted by molar-refractivity contribution is 14.1. The van der Waals surface area contributed by atoms with Crippen LogP contribution in [0.5, 0.6) is 0 Å². The largest absolute Gasteiger partial charge is 0.325 e. The normalized spacial score (nSPS) is 12.5. The smallest absolute Gasteiger partial charge is 0.238 e. The third kappa shape index (κ3) is 4.12. The van der Waals surface area contributed by atoms with Gasteiger partial charge in [0.15, 0.2) is 0 Å². The molecule has 1 atom stereocenters. The van der Waals surface area contributed by atoms with Crippen LogP contribution in [0, 0.1) is 3.57 Å². The molecule has 0 aliphatic carbocycles. The summed E-state index contributed by atoms with van der Waals surface area (Å²) in [5, 5.41) is 3.97. The zero-order chi connectivity index (χ0) is 17.1. The van der Waals surface area contributed by atoms with Crippen LogP contribution in [0.3, 0.4) is 0 Å². The van der Waals surface area contributed by atoms with Crippen LogP contribution >= 0.6 is 33.9 Å². The first kappa shape index (κ1) is 17.3. The van der Waals surface area contributed by atoms with Crippen molar-refractivity contribution >= 4 is 55.7 Å². The number of anilines is 1. The molecule has 0 radical (unpaired) electrons. The molecule has 1 N–H and O–H groups in total. The van der Waals surface area contributed by atoms with Gasteiger partial charge in [0.1, 0.15) is 5.01 Å². The topological polar surface area (TPSA) is 45.2 Å². The number of thiazole rings is 1. The van der Waals surface area contributed by atoms with Gasteiger partial charge < -0.3 is 5.32 Å². The first-order valence-corrected chi connectivity index (χ1v) is 9.53. The van der Waals surface area contributed by atoms with E-state index in [-0.39, 0.29) is 11.9 Å². The number of rotatable bonds is 5. The lowest BCUT2D eigenvalue weighted by atomic mass is 10.3. The number of carbonyl (C=O) groups is 1. The van der Waals surface area contributed by atoms with Gasteiger partial charge in [-0.15, -0.1) is 11.3 Å². The van der Waals surface area contributed by atoms with Gasteiger partial charge in [0.25, 0.3) is 0 Å². The monoisotopic (exact) mass is 451 g/mol. The fourth-order valence-corrected chi connectivity index (χ4v) is 4.02. The average Bonchev–Trinajstić information content (AvgIpc) is 2.97. The Bertz CT molecular complexity index is 831. The number of nitrogens with one attached hydrogen (secondary N) is 1. The summed E-state index contributed by atoms with van der Waals surface area (Å²) >= 11 is 3.92. The third-order valence-corrected chi connectivity index (χ3v) is 5.71. The molecule has 0 spiro atoms. The molecule has 3 aromatic rings. The van der Waals surface area contributed by atoms with Crippen molar-refractivity contribution in [2.45, 2.75) is 13.0 Å². The Balaban J connectivity index is 1.65.